The van der Waals surface area contributed by atoms with E-state index in [4.69, 9.17) is 0 Å². The number of hydrogen-bond donors (Lipinski definition) is 2. The van der Waals surface area contributed by atoms with Gasteiger partial charge in [-0.3, -0.25) is 4.98 Å². The lowest BCUT2D eigenvalue weighted by Crippen LogP contribution is -2.21. The van der Waals surface area contributed by atoms with Crippen LogP contribution in [0.2, 0.25) is 0 Å². The Balaban J connectivity index is 0.00000108. The van der Waals surface area contributed by atoms with Gasteiger partial charge >= 0.3 is 0 Å². The number of rotatable bonds is 2. The van der Waals surface area contributed by atoms with Gasteiger partial charge in [0.25, 0.3) is 0 Å². The summed E-state index contributed by atoms with van der Waals surface area (Å²) in [7, 11) is 0. The minimum absolute atomic E-state index is 0. The number of nitrogens with zero attached hydrogens (tertiary/aromatic N) is 1. The zero-order chi connectivity index (χ0) is 10.8. The fourth-order valence-corrected chi connectivity index (χ4v) is 2.18. The third-order valence-corrected chi connectivity index (χ3v) is 3.03. The quantitative estimate of drug-likeness (QED) is 0.859. The van der Waals surface area contributed by atoms with Crippen LogP contribution in [0.15, 0.2) is 36.5 Å². The molecule has 1 aromatic heterocycles. The largest absolute Gasteiger partial charge is 0.381 e. The predicted molar refractivity (Wildman–Crippen MR) is 73.9 cm³/mol. The molecule has 4 heteroatoms. The fourth-order valence-electron chi connectivity index (χ4n) is 2.18. The zero-order valence-electron chi connectivity index (χ0n) is 9.52. The number of hydrogen-bond acceptors (Lipinski definition) is 3. The Hall–Kier alpha value is -1.32. The van der Waals surface area contributed by atoms with E-state index in [-0.39, 0.29) is 12.4 Å². The van der Waals surface area contributed by atoms with E-state index in [0.717, 1.165) is 18.6 Å². The minimum atomic E-state index is 0. The average molecular weight is 250 g/mol. The van der Waals surface area contributed by atoms with Crippen molar-refractivity contribution in [2.24, 2.45) is 0 Å². The summed E-state index contributed by atoms with van der Waals surface area (Å²) in [5, 5.41) is 8.09. The standard InChI is InChI=1S/C13H15N3.ClH/c1-2-10-8-11(3-4-13(10)15-6-1)16-12-5-7-14-9-12;/h1-4,6,8,12,14,16H,5,7,9H2;1H/t12-;/m0./s1. The summed E-state index contributed by atoms with van der Waals surface area (Å²) in [6, 6.07) is 11.0. The Morgan fingerprint density at radius 1 is 1.29 bits per heavy atom. The SMILES string of the molecule is Cl.c1cnc2ccc(N[C@H]3CCNC3)cc2c1. The van der Waals surface area contributed by atoms with Gasteiger partial charge in [0.2, 0.25) is 0 Å². The van der Waals surface area contributed by atoms with Crippen LogP contribution < -0.4 is 10.6 Å². The Kier molecular flexibility index (Phi) is 3.82. The van der Waals surface area contributed by atoms with Crippen molar-refractivity contribution < 1.29 is 0 Å². The number of halogens is 1. The lowest BCUT2D eigenvalue weighted by molar-refractivity contribution is 0.793. The van der Waals surface area contributed by atoms with Crippen molar-refractivity contribution in [2.45, 2.75) is 12.5 Å². The second-order valence-corrected chi connectivity index (χ2v) is 4.24. The van der Waals surface area contributed by atoms with Gasteiger partial charge in [-0.15, -0.1) is 12.4 Å². The normalized spacial score (nSPS) is 18.9. The van der Waals surface area contributed by atoms with Gasteiger partial charge in [0.1, 0.15) is 0 Å². The molecule has 0 spiro atoms. The molecular weight excluding hydrogens is 234 g/mol. The number of benzene rings is 1. The fraction of sp³-hybridized carbons (Fsp3) is 0.308. The predicted octanol–water partition coefficient (Wildman–Crippen LogP) is 2.43. The number of nitrogens with one attached hydrogen (secondary N) is 2. The second kappa shape index (κ2) is 5.34. The topological polar surface area (TPSA) is 37.0 Å². The van der Waals surface area contributed by atoms with Gasteiger partial charge < -0.3 is 10.6 Å². The molecule has 0 radical (unpaired) electrons. The van der Waals surface area contributed by atoms with Gasteiger partial charge in [-0.05, 0) is 37.2 Å². The van der Waals surface area contributed by atoms with Gasteiger partial charge in [-0.2, -0.15) is 0 Å². The molecule has 17 heavy (non-hydrogen) atoms. The summed E-state index contributed by atoms with van der Waals surface area (Å²) in [5.41, 5.74) is 2.24. The van der Waals surface area contributed by atoms with Crippen LogP contribution in [0.1, 0.15) is 6.42 Å². The molecule has 1 atom stereocenters. The second-order valence-electron chi connectivity index (χ2n) is 4.24. The van der Waals surface area contributed by atoms with E-state index in [9.17, 15) is 0 Å². The van der Waals surface area contributed by atoms with Crippen LogP contribution in [0, 0.1) is 0 Å². The van der Waals surface area contributed by atoms with Crippen molar-refractivity contribution in [3.63, 3.8) is 0 Å². The first-order chi connectivity index (χ1) is 7.92. The highest BCUT2D eigenvalue weighted by atomic mass is 35.5. The van der Waals surface area contributed by atoms with E-state index < -0.39 is 0 Å². The number of anilines is 1. The molecule has 1 aliphatic rings. The molecular formula is C13H16ClN3. The first kappa shape index (κ1) is 12.1. The molecule has 1 saturated heterocycles. The van der Waals surface area contributed by atoms with Gasteiger partial charge in [0.15, 0.2) is 0 Å². The van der Waals surface area contributed by atoms with E-state index in [2.05, 4.69) is 39.9 Å². The summed E-state index contributed by atoms with van der Waals surface area (Å²) < 4.78 is 0. The van der Waals surface area contributed by atoms with Gasteiger partial charge in [-0.25, -0.2) is 0 Å². The highest BCUT2D eigenvalue weighted by Crippen LogP contribution is 2.18. The van der Waals surface area contributed by atoms with Gasteiger partial charge in [-0.1, -0.05) is 6.07 Å². The molecule has 1 aliphatic heterocycles. The molecule has 0 aliphatic carbocycles. The van der Waals surface area contributed by atoms with Crippen molar-refractivity contribution in [3.05, 3.63) is 36.5 Å². The number of aromatic nitrogens is 1. The Morgan fingerprint density at radius 2 is 2.24 bits per heavy atom. The van der Waals surface area contributed by atoms with Crippen molar-refractivity contribution in [1.29, 1.82) is 0 Å². The van der Waals surface area contributed by atoms with Crippen LogP contribution >= 0.6 is 12.4 Å². The number of pyridine rings is 1. The van der Waals surface area contributed by atoms with Crippen LogP contribution in [0.4, 0.5) is 5.69 Å². The van der Waals surface area contributed by atoms with Crippen LogP contribution in [0.3, 0.4) is 0 Å². The maximum atomic E-state index is 4.31. The van der Waals surface area contributed by atoms with E-state index in [0.29, 0.717) is 6.04 Å². The summed E-state index contributed by atoms with van der Waals surface area (Å²) in [6.45, 7) is 2.18. The van der Waals surface area contributed by atoms with E-state index in [1.807, 2.05) is 12.3 Å². The molecule has 0 saturated carbocycles. The van der Waals surface area contributed by atoms with E-state index in [1.54, 1.807) is 0 Å². The lowest BCUT2D eigenvalue weighted by atomic mass is 10.2. The zero-order valence-corrected chi connectivity index (χ0v) is 10.3. The minimum Gasteiger partial charge on any atom is -0.381 e. The summed E-state index contributed by atoms with van der Waals surface area (Å²) in [4.78, 5) is 4.31. The highest BCUT2D eigenvalue weighted by molar-refractivity contribution is 5.85. The Labute approximate surface area is 107 Å². The Bertz CT molecular complexity index is 495. The van der Waals surface area contributed by atoms with Gasteiger partial charge in [0, 0.05) is 29.9 Å². The van der Waals surface area contributed by atoms with Gasteiger partial charge in [0.05, 0.1) is 5.52 Å². The molecule has 2 N–H and O–H groups in total. The molecule has 3 nitrogen and oxygen atoms in total. The molecule has 1 fully saturated rings. The van der Waals surface area contributed by atoms with Crippen molar-refractivity contribution in [3.8, 4) is 0 Å². The first-order valence-corrected chi connectivity index (χ1v) is 5.74. The van der Waals surface area contributed by atoms with Crippen LogP contribution in [-0.4, -0.2) is 24.1 Å². The summed E-state index contributed by atoms with van der Waals surface area (Å²) in [5.74, 6) is 0. The van der Waals surface area contributed by atoms with E-state index >= 15 is 0 Å². The molecule has 0 amide bonds. The summed E-state index contributed by atoms with van der Waals surface area (Å²) >= 11 is 0. The van der Waals surface area contributed by atoms with E-state index in [1.165, 1.54) is 17.5 Å². The summed E-state index contributed by atoms with van der Waals surface area (Å²) in [6.07, 6.45) is 3.03. The van der Waals surface area contributed by atoms with Crippen LogP contribution in [0.5, 0.6) is 0 Å². The molecule has 0 unspecified atom stereocenters. The molecule has 1 aromatic carbocycles. The highest BCUT2D eigenvalue weighted by Gasteiger charge is 2.13. The maximum Gasteiger partial charge on any atom is 0.0703 e. The van der Waals surface area contributed by atoms with Crippen molar-refractivity contribution in [2.75, 3.05) is 18.4 Å². The van der Waals surface area contributed by atoms with Crippen LogP contribution in [-0.2, 0) is 0 Å². The van der Waals surface area contributed by atoms with Crippen molar-refractivity contribution in [1.82, 2.24) is 10.3 Å². The molecule has 2 heterocycles. The number of fused-ring (bicyclic) bond motifs is 1. The molecule has 90 valence electrons. The monoisotopic (exact) mass is 249 g/mol. The molecule has 2 aromatic rings. The first-order valence-electron chi connectivity index (χ1n) is 5.74. The van der Waals surface area contributed by atoms with Crippen molar-refractivity contribution >= 4 is 29.0 Å². The molecule has 3 rings (SSSR count). The lowest BCUT2D eigenvalue weighted by Gasteiger charge is -2.13. The third kappa shape index (κ3) is 2.68. The maximum absolute atomic E-state index is 4.31. The molecule has 0 bridgehead atoms. The third-order valence-electron chi connectivity index (χ3n) is 3.03. The van der Waals surface area contributed by atoms with Crippen LogP contribution in [0.25, 0.3) is 10.9 Å². The Morgan fingerprint density at radius 3 is 3.06 bits per heavy atom. The smallest absolute Gasteiger partial charge is 0.0703 e. The average Bonchev–Trinajstić information content (AvgIpc) is 2.82.